The number of carbonyl (C=O) groups excluding carboxylic acids is 1. The molecule has 1 fully saturated rings. The summed E-state index contributed by atoms with van der Waals surface area (Å²) in [5, 5.41) is 5.70. The smallest absolute Gasteiger partial charge is 0.271 e. The number of aliphatic imine (C=N–C) groups is 1. The van der Waals surface area contributed by atoms with Crippen LogP contribution in [0.2, 0.25) is 0 Å². The molecule has 150 valence electrons. The number of H-pyrrole nitrogens is 1. The topological polar surface area (TPSA) is 116 Å². The Morgan fingerprint density at radius 1 is 1.17 bits per heavy atom. The van der Waals surface area contributed by atoms with E-state index in [0.29, 0.717) is 16.8 Å². The lowest BCUT2D eigenvalue weighted by Crippen LogP contribution is -2.36. The van der Waals surface area contributed by atoms with Gasteiger partial charge in [-0.1, -0.05) is 0 Å². The summed E-state index contributed by atoms with van der Waals surface area (Å²) in [7, 11) is 0. The first-order valence-electron chi connectivity index (χ1n) is 9.75. The third-order valence-corrected chi connectivity index (χ3v) is 5.10. The van der Waals surface area contributed by atoms with Gasteiger partial charge in [0.25, 0.3) is 11.5 Å². The predicted molar refractivity (Wildman–Crippen MR) is 115 cm³/mol. The zero-order valence-corrected chi connectivity index (χ0v) is 16.0. The van der Waals surface area contributed by atoms with Crippen LogP contribution >= 0.6 is 0 Å². The van der Waals surface area contributed by atoms with Crippen molar-refractivity contribution in [3.05, 3.63) is 64.1 Å². The normalized spacial score (nSPS) is 18.7. The molecule has 1 unspecified atom stereocenters. The number of pyridine rings is 1. The van der Waals surface area contributed by atoms with Crippen LogP contribution in [0.4, 0.5) is 11.4 Å². The summed E-state index contributed by atoms with van der Waals surface area (Å²) in [5.74, 6) is -0.332. The van der Waals surface area contributed by atoms with Crippen molar-refractivity contribution in [1.82, 2.24) is 10.3 Å². The highest BCUT2D eigenvalue weighted by Crippen LogP contribution is 2.21. The van der Waals surface area contributed by atoms with E-state index in [9.17, 15) is 9.59 Å². The monoisotopic (exact) mass is 392 g/mol. The predicted octanol–water partition coefficient (Wildman–Crippen LogP) is 1.87. The minimum absolute atomic E-state index is 0.173. The quantitative estimate of drug-likeness (QED) is 0.634. The molecule has 8 heteroatoms. The van der Waals surface area contributed by atoms with Gasteiger partial charge in [0.15, 0.2) is 6.29 Å². The molecule has 1 aromatic heterocycles. The molecule has 0 aliphatic carbocycles. The number of rotatable bonds is 4. The average molecular weight is 392 g/mol. The van der Waals surface area contributed by atoms with E-state index in [0.717, 1.165) is 18.8 Å². The van der Waals surface area contributed by atoms with Crippen LogP contribution in [0.1, 0.15) is 35.2 Å². The lowest BCUT2D eigenvalue weighted by Gasteiger charge is -2.28. The van der Waals surface area contributed by atoms with Gasteiger partial charge in [-0.25, -0.2) is 0 Å². The number of benzene rings is 1. The van der Waals surface area contributed by atoms with Crippen molar-refractivity contribution in [1.29, 1.82) is 0 Å². The van der Waals surface area contributed by atoms with Gasteiger partial charge >= 0.3 is 0 Å². The van der Waals surface area contributed by atoms with Gasteiger partial charge in [0.2, 0.25) is 0 Å². The second-order valence-electron chi connectivity index (χ2n) is 7.15. The number of hydrogen-bond donors (Lipinski definition) is 4. The Balaban J connectivity index is 1.49. The van der Waals surface area contributed by atoms with E-state index in [2.05, 4.69) is 25.5 Å². The summed E-state index contributed by atoms with van der Waals surface area (Å²) < 4.78 is 0. The highest BCUT2D eigenvalue weighted by Gasteiger charge is 2.15. The summed E-state index contributed by atoms with van der Waals surface area (Å²) in [6, 6.07) is 9.11. The van der Waals surface area contributed by atoms with Gasteiger partial charge in [0.05, 0.1) is 0 Å². The summed E-state index contributed by atoms with van der Waals surface area (Å²) in [4.78, 5) is 33.8. The Bertz CT molecular complexity index is 1000. The Morgan fingerprint density at radius 2 is 1.93 bits per heavy atom. The molecule has 29 heavy (non-hydrogen) atoms. The molecule has 5 N–H and O–H groups in total. The lowest BCUT2D eigenvalue weighted by molar-refractivity contribution is 0.102. The van der Waals surface area contributed by atoms with E-state index < -0.39 is 6.29 Å². The minimum Gasteiger partial charge on any atom is -0.372 e. The molecule has 0 bridgehead atoms. The molecule has 3 heterocycles. The van der Waals surface area contributed by atoms with Crippen LogP contribution in [0.5, 0.6) is 0 Å². The van der Waals surface area contributed by atoms with Gasteiger partial charge in [-0.3, -0.25) is 20.3 Å². The van der Waals surface area contributed by atoms with Crippen molar-refractivity contribution in [3.8, 4) is 0 Å². The van der Waals surface area contributed by atoms with Gasteiger partial charge in [-0.15, -0.1) is 0 Å². The van der Waals surface area contributed by atoms with E-state index in [4.69, 9.17) is 5.73 Å². The molecule has 2 aromatic rings. The fourth-order valence-electron chi connectivity index (χ4n) is 3.54. The number of allylic oxidation sites excluding steroid dienone is 1. The van der Waals surface area contributed by atoms with Crippen LogP contribution in [0.15, 0.2) is 52.4 Å². The first-order chi connectivity index (χ1) is 14.1. The molecular formula is C21H24N6O2. The van der Waals surface area contributed by atoms with Crippen LogP contribution in [-0.4, -0.2) is 36.5 Å². The van der Waals surface area contributed by atoms with Crippen LogP contribution in [0.3, 0.4) is 0 Å². The average Bonchev–Trinajstić information content (AvgIpc) is 2.76. The molecule has 4 rings (SSSR count). The van der Waals surface area contributed by atoms with E-state index in [1.54, 1.807) is 36.7 Å². The maximum Gasteiger partial charge on any atom is 0.271 e. The van der Waals surface area contributed by atoms with E-state index in [-0.39, 0.29) is 17.2 Å². The molecule has 1 aromatic carbocycles. The molecular weight excluding hydrogens is 368 g/mol. The second-order valence-corrected chi connectivity index (χ2v) is 7.15. The van der Waals surface area contributed by atoms with Gasteiger partial charge in [0.1, 0.15) is 5.69 Å². The number of hydrogen-bond acceptors (Lipinski definition) is 6. The molecule has 0 saturated carbocycles. The fourth-order valence-corrected chi connectivity index (χ4v) is 3.54. The van der Waals surface area contributed by atoms with Crippen molar-refractivity contribution in [2.45, 2.75) is 25.6 Å². The zero-order valence-electron chi connectivity index (χ0n) is 16.0. The Hall–Kier alpha value is -3.39. The summed E-state index contributed by atoms with van der Waals surface area (Å²) in [5.41, 5.74) is 8.59. The number of nitrogens with zero attached hydrogens (tertiary/aromatic N) is 2. The molecule has 8 nitrogen and oxygen atoms in total. The van der Waals surface area contributed by atoms with Crippen molar-refractivity contribution >= 4 is 29.2 Å². The number of amides is 1. The van der Waals surface area contributed by atoms with Crippen LogP contribution in [0.25, 0.3) is 5.70 Å². The number of anilines is 2. The number of carbonyl (C=O) groups is 1. The summed E-state index contributed by atoms with van der Waals surface area (Å²) >= 11 is 0. The largest absolute Gasteiger partial charge is 0.372 e. The zero-order chi connectivity index (χ0) is 20.2. The maximum atomic E-state index is 12.6. The number of nitrogens with two attached hydrogens (primary N) is 1. The highest BCUT2D eigenvalue weighted by atomic mass is 16.2. The lowest BCUT2D eigenvalue weighted by atomic mass is 10.1. The Labute approximate surface area is 168 Å². The van der Waals surface area contributed by atoms with Gasteiger partial charge in [-0.05, 0) is 55.7 Å². The number of aromatic amines is 1. The third kappa shape index (κ3) is 4.38. The van der Waals surface area contributed by atoms with E-state index in [1.807, 2.05) is 12.1 Å². The summed E-state index contributed by atoms with van der Waals surface area (Å²) in [6.07, 6.45) is 8.04. The van der Waals surface area contributed by atoms with Crippen LogP contribution in [-0.2, 0) is 0 Å². The van der Waals surface area contributed by atoms with Gasteiger partial charge in [0, 0.05) is 48.0 Å². The standard InChI is InChI=1S/C21H24N6O2/c22-21-23-9-8-17(26-21)15-12-18(20(29)24-13-15)25-19(28)14-4-6-16(7-5-14)27-10-2-1-3-11-27/h4-9,12-13,21,26H,1-3,10-11,22H2,(H,24,29)(H,25,28). The molecule has 1 amide bonds. The van der Waals surface area contributed by atoms with Gasteiger partial charge < -0.3 is 20.5 Å². The molecule has 2 aliphatic heterocycles. The number of aromatic nitrogens is 1. The first-order valence-corrected chi connectivity index (χ1v) is 9.75. The second kappa shape index (κ2) is 8.32. The molecule has 1 atom stereocenters. The highest BCUT2D eigenvalue weighted by molar-refractivity contribution is 6.04. The van der Waals surface area contributed by atoms with Crippen LogP contribution < -0.4 is 26.8 Å². The maximum absolute atomic E-state index is 12.6. The molecule has 0 spiro atoms. The van der Waals surface area contributed by atoms with Gasteiger partial charge in [-0.2, -0.15) is 0 Å². The molecule has 1 saturated heterocycles. The van der Waals surface area contributed by atoms with Crippen LogP contribution in [0, 0.1) is 0 Å². The van der Waals surface area contributed by atoms with Crippen molar-refractivity contribution in [3.63, 3.8) is 0 Å². The van der Waals surface area contributed by atoms with E-state index in [1.165, 1.54) is 19.3 Å². The fraction of sp³-hybridized carbons (Fsp3) is 0.286. The SMILES string of the molecule is NC1N=CC=C(c2c[nH]c(=O)c(NC(=O)c3ccc(N4CCCCC4)cc3)c2)N1. The third-order valence-electron chi connectivity index (χ3n) is 5.10. The Morgan fingerprint density at radius 3 is 2.66 bits per heavy atom. The molecule has 2 aliphatic rings. The van der Waals surface area contributed by atoms with Crippen molar-refractivity contribution < 1.29 is 4.79 Å². The first kappa shape index (κ1) is 18.9. The minimum atomic E-state index is -0.543. The number of nitrogens with one attached hydrogen (secondary N) is 3. The van der Waals surface area contributed by atoms with Crippen molar-refractivity contribution in [2.24, 2.45) is 10.7 Å². The summed E-state index contributed by atoms with van der Waals surface area (Å²) in [6.45, 7) is 2.10. The molecule has 0 radical (unpaired) electrons. The van der Waals surface area contributed by atoms with Crippen molar-refractivity contribution in [2.75, 3.05) is 23.3 Å². The van der Waals surface area contributed by atoms with E-state index >= 15 is 0 Å². The number of piperidine rings is 1. The Kier molecular flexibility index (Phi) is 5.44.